The summed E-state index contributed by atoms with van der Waals surface area (Å²) in [4.78, 5) is 4.33. The summed E-state index contributed by atoms with van der Waals surface area (Å²) in [6.45, 7) is 2.00. The number of pyridine rings is 1. The molecule has 0 spiro atoms. The molecule has 0 saturated heterocycles. The maximum Gasteiger partial charge on any atom is 0.172 e. The molecule has 0 atom stereocenters. The molecular formula is C20H19N3S. The van der Waals surface area contributed by atoms with Gasteiger partial charge in [-0.3, -0.25) is 0 Å². The molecule has 1 heterocycles. The molecule has 2 N–H and O–H groups in total. The van der Waals surface area contributed by atoms with Gasteiger partial charge in [-0.25, -0.2) is 4.98 Å². The molecule has 3 rings (SSSR count). The third kappa shape index (κ3) is 3.97. The number of anilines is 1. The highest BCUT2D eigenvalue weighted by molar-refractivity contribution is 7.80. The summed E-state index contributed by atoms with van der Waals surface area (Å²) in [5.41, 5.74) is 3.37. The Morgan fingerprint density at radius 3 is 2.00 bits per heavy atom. The van der Waals surface area contributed by atoms with E-state index in [2.05, 4.69) is 39.9 Å². The van der Waals surface area contributed by atoms with E-state index in [4.69, 9.17) is 12.2 Å². The van der Waals surface area contributed by atoms with E-state index in [1.54, 1.807) is 6.20 Å². The second kappa shape index (κ2) is 7.70. The molecule has 120 valence electrons. The Bertz CT molecular complexity index is 764. The summed E-state index contributed by atoms with van der Waals surface area (Å²) >= 11 is 5.51. The van der Waals surface area contributed by atoms with Crippen LogP contribution in [0.15, 0.2) is 79.0 Å². The van der Waals surface area contributed by atoms with Gasteiger partial charge in [-0.1, -0.05) is 66.7 Å². The molecule has 24 heavy (non-hydrogen) atoms. The van der Waals surface area contributed by atoms with E-state index in [1.165, 1.54) is 0 Å². The number of nitrogens with one attached hydrogen (secondary N) is 2. The molecule has 2 aromatic carbocycles. The van der Waals surface area contributed by atoms with Crippen molar-refractivity contribution in [1.82, 2.24) is 10.3 Å². The number of aromatic nitrogens is 1. The lowest BCUT2D eigenvalue weighted by Crippen LogP contribution is -2.33. The SMILES string of the molecule is Cc1cccnc1NC(=S)NC(c1ccccc1)c1ccccc1. The minimum Gasteiger partial charge on any atom is -0.351 e. The van der Waals surface area contributed by atoms with Crippen molar-refractivity contribution >= 4 is 23.1 Å². The number of hydrogen-bond donors (Lipinski definition) is 2. The Morgan fingerprint density at radius 1 is 0.875 bits per heavy atom. The molecule has 0 aliphatic carbocycles. The smallest absolute Gasteiger partial charge is 0.172 e. The van der Waals surface area contributed by atoms with Gasteiger partial charge in [0.2, 0.25) is 0 Å². The van der Waals surface area contributed by atoms with Crippen LogP contribution in [0.5, 0.6) is 0 Å². The zero-order valence-corrected chi connectivity index (χ0v) is 14.3. The van der Waals surface area contributed by atoms with Gasteiger partial charge in [-0.05, 0) is 41.9 Å². The topological polar surface area (TPSA) is 37.0 Å². The van der Waals surface area contributed by atoms with Gasteiger partial charge in [-0.2, -0.15) is 0 Å². The fourth-order valence-electron chi connectivity index (χ4n) is 2.54. The highest BCUT2D eigenvalue weighted by Crippen LogP contribution is 2.22. The molecule has 0 saturated carbocycles. The van der Waals surface area contributed by atoms with Crippen molar-refractivity contribution in [2.45, 2.75) is 13.0 Å². The molecule has 0 unspecified atom stereocenters. The maximum atomic E-state index is 5.51. The highest BCUT2D eigenvalue weighted by atomic mass is 32.1. The lowest BCUT2D eigenvalue weighted by atomic mass is 9.99. The van der Waals surface area contributed by atoms with Gasteiger partial charge in [0, 0.05) is 6.20 Å². The van der Waals surface area contributed by atoms with Crippen LogP contribution in [0, 0.1) is 6.92 Å². The van der Waals surface area contributed by atoms with Gasteiger partial charge in [0.25, 0.3) is 0 Å². The second-order valence-corrected chi connectivity index (χ2v) is 5.93. The predicted molar refractivity (Wildman–Crippen MR) is 103 cm³/mol. The molecule has 0 fully saturated rings. The van der Waals surface area contributed by atoms with Crippen molar-refractivity contribution in [3.8, 4) is 0 Å². The average Bonchev–Trinajstić information content (AvgIpc) is 2.63. The quantitative estimate of drug-likeness (QED) is 0.691. The third-order valence-electron chi connectivity index (χ3n) is 3.78. The standard InChI is InChI=1S/C20H19N3S/c1-15-9-8-14-21-19(15)23-20(24)22-18(16-10-4-2-5-11-16)17-12-6-3-7-13-17/h2-14,18H,1H3,(H2,21,22,23,24). The highest BCUT2D eigenvalue weighted by Gasteiger charge is 2.15. The number of nitrogens with zero attached hydrogens (tertiary/aromatic N) is 1. The zero-order valence-electron chi connectivity index (χ0n) is 13.4. The van der Waals surface area contributed by atoms with Gasteiger partial charge in [0.15, 0.2) is 5.11 Å². The van der Waals surface area contributed by atoms with Crippen molar-refractivity contribution in [3.05, 3.63) is 95.7 Å². The monoisotopic (exact) mass is 333 g/mol. The summed E-state index contributed by atoms with van der Waals surface area (Å²) in [5, 5.41) is 7.15. The van der Waals surface area contributed by atoms with Crippen LogP contribution < -0.4 is 10.6 Å². The van der Waals surface area contributed by atoms with E-state index in [0.29, 0.717) is 5.11 Å². The molecule has 0 bridgehead atoms. The predicted octanol–water partition coefficient (Wildman–Crippen LogP) is 4.47. The van der Waals surface area contributed by atoms with Crippen LogP contribution in [-0.2, 0) is 0 Å². The van der Waals surface area contributed by atoms with Crippen molar-refractivity contribution in [3.63, 3.8) is 0 Å². The van der Waals surface area contributed by atoms with Crippen LogP contribution in [0.25, 0.3) is 0 Å². The summed E-state index contributed by atoms with van der Waals surface area (Å²) < 4.78 is 0. The third-order valence-corrected chi connectivity index (χ3v) is 4.00. The lowest BCUT2D eigenvalue weighted by Gasteiger charge is -2.22. The van der Waals surface area contributed by atoms with Crippen LogP contribution in [0.2, 0.25) is 0 Å². The van der Waals surface area contributed by atoms with Crippen molar-refractivity contribution in [2.24, 2.45) is 0 Å². The van der Waals surface area contributed by atoms with Crippen LogP contribution in [0.4, 0.5) is 5.82 Å². The molecule has 0 amide bonds. The van der Waals surface area contributed by atoms with E-state index >= 15 is 0 Å². The Balaban J connectivity index is 1.82. The molecule has 1 aromatic heterocycles. The van der Waals surface area contributed by atoms with Crippen LogP contribution in [0.3, 0.4) is 0 Å². The molecule has 3 nitrogen and oxygen atoms in total. The minimum atomic E-state index is -0.0172. The zero-order chi connectivity index (χ0) is 16.8. The van der Waals surface area contributed by atoms with Gasteiger partial charge >= 0.3 is 0 Å². The van der Waals surface area contributed by atoms with Crippen LogP contribution >= 0.6 is 12.2 Å². The first-order valence-corrected chi connectivity index (χ1v) is 8.24. The van der Waals surface area contributed by atoms with E-state index < -0.39 is 0 Å². The number of aryl methyl sites for hydroxylation is 1. The normalized spacial score (nSPS) is 10.4. The summed E-state index contributed by atoms with van der Waals surface area (Å²) in [6, 6.07) is 24.4. The van der Waals surface area contributed by atoms with Gasteiger partial charge in [0.05, 0.1) is 6.04 Å². The Labute approximate surface area is 147 Å². The van der Waals surface area contributed by atoms with E-state index in [9.17, 15) is 0 Å². The first kappa shape index (κ1) is 16.1. The minimum absolute atomic E-state index is 0.0172. The molecule has 0 aliphatic heterocycles. The number of thiocarbonyl (C=S) groups is 1. The Hall–Kier alpha value is -2.72. The van der Waals surface area contributed by atoms with E-state index in [0.717, 1.165) is 22.5 Å². The van der Waals surface area contributed by atoms with Crippen LogP contribution in [0.1, 0.15) is 22.7 Å². The summed E-state index contributed by atoms with van der Waals surface area (Å²) in [6.07, 6.45) is 1.75. The average molecular weight is 333 g/mol. The first-order chi connectivity index (χ1) is 11.7. The van der Waals surface area contributed by atoms with E-state index in [-0.39, 0.29) is 6.04 Å². The van der Waals surface area contributed by atoms with Crippen molar-refractivity contribution in [2.75, 3.05) is 5.32 Å². The number of rotatable bonds is 4. The molecular weight excluding hydrogens is 314 g/mol. The lowest BCUT2D eigenvalue weighted by molar-refractivity contribution is 0.768. The fourth-order valence-corrected chi connectivity index (χ4v) is 2.76. The largest absolute Gasteiger partial charge is 0.351 e. The Morgan fingerprint density at radius 2 is 1.46 bits per heavy atom. The second-order valence-electron chi connectivity index (χ2n) is 5.52. The summed E-state index contributed by atoms with van der Waals surface area (Å²) in [5.74, 6) is 0.773. The van der Waals surface area contributed by atoms with Crippen molar-refractivity contribution in [1.29, 1.82) is 0 Å². The summed E-state index contributed by atoms with van der Waals surface area (Å²) in [7, 11) is 0. The molecule has 0 aliphatic rings. The molecule has 4 heteroatoms. The molecule has 0 radical (unpaired) electrons. The van der Waals surface area contributed by atoms with Gasteiger partial charge in [-0.15, -0.1) is 0 Å². The number of hydrogen-bond acceptors (Lipinski definition) is 2. The van der Waals surface area contributed by atoms with E-state index in [1.807, 2.05) is 55.5 Å². The first-order valence-electron chi connectivity index (χ1n) is 7.83. The fraction of sp³-hybridized carbons (Fsp3) is 0.100. The maximum absolute atomic E-state index is 5.51. The van der Waals surface area contributed by atoms with Crippen LogP contribution in [-0.4, -0.2) is 10.1 Å². The van der Waals surface area contributed by atoms with Gasteiger partial charge < -0.3 is 10.6 Å². The number of benzene rings is 2. The van der Waals surface area contributed by atoms with Crippen molar-refractivity contribution < 1.29 is 0 Å². The Kier molecular flexibility index (Phi) is 5.18. The molecule has 3 aromatic rings. The van der Waals surface area contributed by atoms with Gasteiger partial charge in [0.1, 0.15) is 5.82 Å².